The van der Waals surface area contributed by atoms with Gasteiger partial charge in [0.2, 0.25) is 5.89 Å². The van der Waals surface area contributed by atoms with Gasteiger partial charge < -0.3 is 18.7 Å². The number of rotatable bonds is 6. The van der Waals surface area contributed by atoms with Gasteiger partial charge in [0.15, 0.2) is 0 Å². The smallest absolute Gasteiger partial charge is 0.281 e. The van der Waals surface area contributed by atoms with Gasteiger partial charge in [-0.2, -0.15) is 0 Å². The Morgan fingerprint density at radius 1 is 1.27 bits per heavy atom. The van der Waals surface area contributed by atoms with Crippen molar-refractivity contribution in [1.82, 2.24) is 10.2 Å². The van der Waals surface area contributed by atoms with Crippen LogP contribution in [0.4, 0.5) is 0 Å². The number of aliphatic carboxylic acids is 1. The van der Waals surface area contributed by atoms with E-state index in [1.165, 1.54) is 6.08 Å². The van der Waals surface area contributed by atoms with Crippen LogP contribution >= 0.6 is 23.4 Å². The van der Waals surface area contributed by atoms with Crippen LogP contribution in [0.15, 0.2) is 49.3 Å². The molecule has 2 heterocycles. The molecule has 0 spiro atoms. The summed E-state index contributed by atoms with van der Waals surface area (Å²) in [7, 11) is 0. The fourth-order valence-corrected chi connectivity index (χ4v) is 3.05. The van der Waals surface area contributed by atoms with Gasteiger partial charge in [-0.05, 0) is 54.6 Å². The van der Waals surface area contributed by atoms with Crippen molar-refractivity contribution in [2.45, 2.75) is 25.5 Å². The van der Waals surface area contributed by atoms with Gasteiger partial charge >= 0.3 is 0 Å². The van der Waals surface area contributed by atoms with E-state index in [0.717, 1.165) is 22.9 Å². The normalized spacial score (nSPS) is 11.7. The number of furan rings is 1. The zero-order valence-corrected chi connectivity index (χ0v) is 15.6. The molecule has 2 aromatic heterocycles. The van der Waals surface area contributed by atoms with E-state index in [1.807, 2.05) is 19.9 Å². The first-order valence-electron chi connectivity index (χ1n) is 7.76. The van der Waals surface area contributed by atoms with Crippen molar-refractivity contribution in [3.8, 4) is 11.3 Å². The van der Waals surface area contributed by atoms with E-state index >= 15 is 0 Å². The summed E-state index contributed by atoms with van der Waals surface area (Å²) >= 11 is 6.85. The van der Waals surface area contributed by atoms with Crippen LogP contribution in [0.2, 0.25) is 5.02 Å². The number of hydrogen-bond donors (Lipinski definition) is 0. The number of hydrogen-bond acceptors (Lipinski definition) is 7. The maximum atomic E-state index is 11.4. The number of thioether (sulfide) groups is 1. The molecule has 0 aliphatic rings. The Hall–Kier alpha value is -2.51. The standard InChI is InChI=1S/C18H15ClN2O4S/c1-3-16-20-21-18(25-16)26-15(17(22)23)9-12-6-7-14(24-12)13-8-11(19)5-4-10(13)2/h4-9H,3H2,1-2H3,(H,22,23)/p-1/b15-9+. The second kappa shape index (κ2) is 7.80. The molecule has 8 heteroatoms. The first kappa shape index (κ1) is 18.3. The van der Waals surface area contributed by atoms with Crippen molar-refractivity contribution in [3.05, 3.63) is 57.5 Å². The van der Waals surface area contributed by atoms with Crippen molar-refractivity contribution in [3.63, 3.8) is 0 Å². The SMILES string of the molecule is CCc1nnc(S/C(=C/c2ccc(-c3cc(Cl)ccc3C)o2)C(=O)[O-])o1. The van der Waals surface area contributed by atoms with Gasteiger partial charge in [-0.1, -0.05) is 24.6 Å². The predicted octanol–water partition coefficient (Wildman–Crippen LogP) is 3.74. The van der Waals surface area contributed by atoms with E-state index in [-0.39, 0.29) is 10.1 Å². The number of nitrogens with zero attached hydrogens (tertiary/aromatic N) is 2. The highest BCUT2D eigenvalue weighted by Crippen LogP contribution is 2.31. The van der Waals surface area contributed by atoms with Gasteiger partial charge in [0.1, 0.15) is 11.5 Å². The first-order chi connectivity index (χ1) is 12.5. The summed E-state index contributed by atoms with van der Waals surface area (Å²) in [4.78, 5) is 11.3. The number of carbonyl (C=O) groups is 1. The highest BCUT2D eigenvalue weighted by molar-refractivity contribution is 8.03. The number of halogens is 1. The molecule has 0 aliphatic carbocycles. The topological polar surface area (TPSA) is 92.2 Å². The molecule has 3 rings (SSSR count). The van der Waals surface area contributed by atoms with Crippen LogP contribution in [-0.4, -0.2) is 16.2 Å². The number of aryl methyl sites for hydroxylation is 2. The van der Waals surface area contributed by atoms with Crippen molar-refractivity contribution in [2.24, 2.45) is 0 Å². The van der Waals surface area contributed by atoms with Gasteiger partial charge in [-0.25, -0.2) is 0 Å². The van der Waals surface area contributed by atoms with Crippen molar-refractivity contribution < 1.29 is 18.7 Å². The van der Waals surface area contributed by atoms with Gasteiger partial charge in [0.05, 0.1) is 5.97 Å². The molecule has 26 heavy (non-hydrogen) atoms. The molecular formula is C18H14ClN2O4S-. The fraction of sp³-hybridized carbons (Fsp3) is 0.167. The van der Waals surface area contributed by atoms with E-state index in [0.29, 0.717) is 28.9 Å². The zero-order valence-electron chi connectivity index (χ0n) is 14.0. The van der Waals surface area contributed by atoms with Crippen LogP contribution < -0.4 is 5.11 Å². The summed E-state index contributed by atoms with van der Waals surface area (Å²) in [5.41, 5.74) is 1.83. The average Bonchev–Trinajstić information content (AvgIpc) is 3.25. The Balaban J connectivity index is 1.88. The minimum absolute atomic E-state index is 0.0972. The average molecular weight is 390 g/mol. The van der Waals surface area contributed by atoms with Crippen LogP contribution in [0.25, 0.3) is 17.4 Å². The summed E-state index contributed by atoms with van der Waals surface area (Å²) in [6.45, 7) is 3.80. The number of carboxylic acid groups (broad SMARTS) is 1. The van der Waals surface area contributed by atoms with Crippen LogP contribution in [0.5, 0.6) is 0 Å². The third-order valence-corrected chi connectivity index (χ3v) is 4.59. The largest absolute Gasteiger partial charge is 0.544 e. The summed E-state index contributed by atoms with van der Waals surface area (Å²) in [6.07, 6.45) is 1.93. The molecule has 0 fully saturated rings. The molecule has 1 aromatic carbocycles. The number of carboxylic acids is 1. The lowest BCUT2D eigenvalue weighted by atomic mass is 10.1. The predicted molar refractivity (Wildman–Crippen MR) is 96.4 cm³/mol. The minimum Gasteiger partial charge on any atom is -0.544 e. The van der Waals surface area contributed by atoms with Gasteiger partial charge in [0, 0.05) is 21.9 Å². The fourth-order valence-electron chi connectivity index (χ4n) is 2.21. The lowest BCUT2D eigenvalue weighted by Gasteiger charge is -2.05. The molecule has 6 nitrogen and oxygen atoms in total. The van der Waals surface area contributed by atoms with E-state index in [9.17, 15) is 9.90 Å². The monoisotopic (exact) mass is 389 g/mol. The van der Waals surface area contributed by atoms with Gasteiger partial charge in [-0.3, -0.25) is 0 Å². The van der Waals surface area contributed by atoms with Crippen LogP contribution in [0, 0.1) is 6.92 Å². The summed E-state index contributed by atoms with van der Waals surface area (Å²) in [5, 5.41) is 19.7. The van der Waals surface area contributed by atoms with Crippen LogP contribution in [0.3, 0.4) is 0 Å². The molecule has 0 unspecified atom stereocenters. The third-order valence-electron chi connectivity index (χ3n) is 3.51. The molecule has 0 amide bonds. The molecular weight excluding hydrogens is 376 g/mol. The summed E-state index contributed by atoms with van der Waals surface area (Å²) < 4.78 is 11.1. The Morgan fingerprint density at radius 3 is 2.77 bits per heavy atom. The maximum Gasteiger partial charge on any atom is 0.281 e. The van der Waals surface area contributed by atoms with Gasteiger partial charge in [-0.15, -0.1) is 10.2 Å². The van der Waals surface area contributed by atoms with Crippen molar-refractivity contribution in [2.75, 3.05) is 0 Å². The van der Waals surface area contributed by atoms with E-state index in [2.05, 4.69) is 10.2 Å². The second-order valence-corrected chi connectivity index (χ2v) is 6.80. The molecule has 0 N–H and O–H groups in total. The second-order valence-electron chi connectivity index (χ2n) is 5.37. The van der Waals surface area contributed by atoms with E-state index < -0.39 is 5.97 Å². The molecule has 0 atom stereocenters. The number of carbonyl (C=O) groups excluding carboxylic acids is 1. The van der Waals surface area contributed by atoms with Gasteiger partial charge in [0.25, 0.3) is 5.22 Å². The highest BCUT2D eigenvalue weighted by atomic mass is 35.5. The molecule has 0 saturated carbocycles. The Labute approximate surface area is 158 Å². The van der Waals surface area contributed by atoms with Crippen LogP contribution in [0.1, 0.15) is 24.1 Å². The van der Waals surface area contributed by atoms with Crippen molar-refractivity contribution in [1.29, 1.82) is 0 Å². The minimum atomic E-state index is -1.36. The summed E-state index contributed by atoms with van der Waals surface area (Å²) in [5.74, 6) is 0.0244. The van der Waals surface area contributed by atoms with E-state index in [1.54, 1.807) is 24.3 Å². The Bertz CT molecular complexity index is 977. The summed E-state index contributed by atoms with van der Waals surface area (Å²) in [6, 6.07) is 8.90. The zero-order chi connectivity index (χ0) is 18.7. The molecule has 3 aromatic rings. The first-order valence-corrected chi connectivity index (χ1v) is 8.95. The molecule has 0 radical (unpaired) electrons. The Kier molecular flexibility index (Phi) is 5.49. The quantitative estimate of drug-likeness (QED) is 0.468. The van der Waals surface area contributed by atoms with Crippen LogP contribution in [-0.2, 0) is 11.2 Å². The lowest BCUT2D eigenvalue weighted by molar-refractivity contribution is -0.298. The number of benzene rings is 1. The van der Waals surface area contributed by atoms with Crippen molar-refractivity contribution >= 4 is 35.4 Å². The molecule has 0 bridgehead atoms. The molecule has 134 valence electrons. The Morgan fingerprint density at radius 2 is 2.08 bits per heavy atom. The molecule has 0 saturated heterocycles. The number of aromatic nitrogens is 2. The maximum absolute atomic E-state index is 11.4. The molecule has 0 aliphatic heterocycles. The van der Waals surface area contributed by atoms with E-state index in [4.69, 9.17) is 20.4 Å². The lowest BCUT2D eigenvalue weighted by Crippen LogP contribution is -2.22. The highest BCUT2D eigenvalue weighted by Gasteiger charge is 2.12. The third kappa shape index (κ3) is 4.17.